The molecule has 1 saturated carbocycles. The molecule has 5 rings (SSSR count). The Morgan fingerprint density at radius 1 is 1.26 bits per heavy atom. The number of rotatable bonds is 5. The lowest BCUT2D eigenvalue weighted by molar-refractivity contribution is -0.135. The van der Waals surface area contributed by atoms with Gasteiger partial charge in [0.25, 0.3) is 0 Å². The van der Waals surface area contributed by atoms with Crippen molar-refractivity contribution in [3.63, 3.8) is 0 Å². The van der Waals surface area contributed by atoms with Crippen LogP contribution in [0.2, 0.25) is 0 Å². The minimum atomic E-state index is -0.384. The van der Waals surface area contributed by atoms with Crippen molar-refractivity contribution in [2.45, 2.75) is 43.9 Å². The van der Waals surface area contributed by atoms with Gasteiger partial charge in [-0.1, -0.05) is 17.3 Å². The third kappa shape index (κ3) is 3.58. The predicted molar refractivity (Wildman–Crippen MR) is 115 cm³/mol. The second-order valence-corrected chi connectivity index (χ2v) is 8.56. The number of aryl methyl sites for hydroxylation is 1. The molecule has 7 nitrogen and oxygen atoms in total. The Bertz CT molecular complexity index is 1090. The number of methoxy groups -OCH3 is 1. The normalized spacial score (nSPS) is 19.8. The quantitative estimate of drug-likeness (QED) is 0.625. The molecule has 0 bridgehead atoms. The smallest absolute Gasteiger partial charge is 0.233 e. The van der Waals surface area contributed by atoms with Gasteiger partial charge in [-0.3, -0.25) is 4.79 Å². The fraction of sp³-hybridized carbons (Fsp3) is 0.417. The van der Waals surface area contributed by atoms with Crippen LogP contribution in [0.25, 0.3) is 11.3 Å². The molecule has 31 heavy (non-hydrogen) atoms. The molecule has 0 radical (unpaired) electrons. The molecule has 7 heteroatoms. The molecule has 1 unspecified atom stereocenters. The number of piperidine rings is 1. The van der Waals surface area contributed by atoms with Crippen LogP contribution < -0.4 is 4.74 Å². The maximum atomic E-state index is 13.6. The van der Waals surface area contributed by atoms with E-state index in [1.165, 1.54) is 0 Å². The molecule has 1 amide bonds. The van der Waals surface area contributed by atoms with Gasteiger partial charge in [0.05, 0.1) is 29.5 Å². The average Bonchev–Trinajstić information content (AvgIpc) is 3.53. The van der Waals surface area contributed by atoms with Gasteiger partial charge in [0.2, 0.25) is 5.91 Å². The molecular formula is C24H26N4O3. The Balaban J connectivity index is 1.38. The van der Waals surface area contributed by atoms with E-state index in [0.717, 1.165) is 60.5 Å². The molecule has 3 heterocycles. The summed E-state index contributed by atoms with van der Waals surface area (Å²) in [5, 5.41) is 4.00. The summed E-state index contributed by atoms with van der Waals surface area (Å²) in [6.07, 6.45) is 7.08. The zero-order chi connectivity index (χ0) is 21.4. The minimum Gasteiger partial charge on any atom is -0.497 e. The van der Waals surface area contributed by atoms with E-state index >= 15 is 0 Å². The molecule has 2 aromatic heterocycles. The van der Waals surface area contributed by atoms with Crippen LogP contribution >= 0.6 is 0 Å². The van der Waals surface area contributed by atoms with Gasteiger partial charge in [0, 0.05) is 31.3 Å². The molecule has 160 valence electrons. The molecule has 0 spiro atoms. The summed E-state index contributed by atoms with van der Waals surface area (Å²) in [5.74, 6) is 1.86. The Hall–Kier alpha value is -3.22. The van der Waals surface area contributed by atoms with E-state index in [4.69, 9.17) is 9.26 Å². The van der Waals surface area contributed by atoms with Crippen molar-refractivity contribution in [1.29, 1.82) is 0 Å². The van der Waals surface area contributed by atoms with Crippen LogP contribution in [0.4, 0.5) is 0 Å². The Kier molecular flexibility index (Phi) is 4.96. The van der Waals surface area contributed by atoms with Gasteiger partial charge in [-0.25, -0.2) is 9.97 Å². The van der Waals surface area contributed by atoms with Crippen LogP contribution in [0.1, 0.15) is 48.6 Å². The Labute approximate surface area is 181 Å². The summed E-state index contributed by atoms with van der Waals surface area (Å²) in [5.41, 5.74) is 3.31. The van der Waals surface area contributed by atoms with Crippen molar-refractivity contribution in [2.24, 2.45) is 0 Å². The van der Waals surface area contributed by atoms with Gasteiger partial charge in [0.1, 0.15) is 12.1 Å². The SMILES string of the molecule is COc1ccc(C2(C(=O)N3CCCC(c4ncncc4-c4cc(C)no4)C3)CC2)cc1. The number of aromatic nitrogens is 3. The monoisotopic (exact) mass is 418 g/mol. The topological polar surface area (TPSA) is 81.4 Å². The molecule has 1 saturated heterocycles. The minimum absolute atomic E-state index is 0.146. The second-order valence-electron chi connectivity index (χ2n) is 8.56. The van der Waals surface area contributed by atoms with E-state index in [1.54, 1.807) is 19.6 Å². The summed E-state index contributed by atoms with van der Waals surface area (Å²) < 4.78 is 10.7. The van der Waals surface area contributed by atoms with E-state index < -0.39 is 0 Å². The van der Waals surface area contributed by atoms with Crippen LogP contribution in [0, 0.1) is 6.92 Å². The van der Waals surface area contributed by atoms with Gasteiger partial charge in [0.15, 0.2) is 5.76 Å². The third-order valence-electron chi connectivity index (χ3n) is 6.53. The number of carbonyl (C=O) groups excluding carboxylic acids is 1. The highest BCUT2D eigenvalue weighted by Crippen LogP contribution is 2.50. The fourth-order valence-corrected chi connectivity index (χ4v) is 4.69. The molecule has 0 N–H and O–H groups in total. The first-order valence-corrected chi connectivity index (χ1v) is 10.8. The highest BCUT2D eigenvalue weighted by atomic mass is 16.5. The zero-order valence-corrected chi connectivity index (χ0v) is 17.9. The van der Waals surface area contributed by atoms with E-state index in [-0.39, 0.29) is 17.2 Å². The summed E-state index contributed by atoms with van der Waals surface area (Å²) in [4.78, 5) is 24.4. The largest absolute Gasteiger partial charge is 0.497 e. The van der Waals surface area contributed by atoms with Crippen LogP contribution in [0.5, 0.6) is 5.75 Å². The van der Waals surface area contributed by atoms with Crippen molar-refractivity contribution in [2.75, 3.05) is 20.2 Å². The van der Waals surface area contributed by atoms with E-state index in [0.29, 0.717) is 12.3 Å². The van der Waals surface area contributed by atoms with Crippen molar-refractivity contribution in [1.82, 2.24) is 20.0 Å². The number of amides is 1. The first-order valence-electron chi connectivity index (χ1n) is 10.8. The van der Waals surface area contributed by atoms with Crippen LogP contribution in [0.15, 0.2) is 47.4 Å². The summed E-state index contributed by atoms with van der Waals surface area (Å²) in [7, 11) is 1.66. The van der Waals surface area contributed by atoms with Crippen LogP contribution in [0.3, 0.4) is 0 Å². The third-order valence-corrected chi connectivity index (χ3v) is 6.53. The van der Waals surface area contributed by atoms with Crippen LogP contribution in [-0.2, 0) is 10.2 Å². The van der Waals surface area contributed by atoms with E-state index in [2.05, 4.69) is 15.1 Å². The first-order chi connectivity index (χ1) is 15.1. The zero-order valence-electron chi connectivity index (χ0n) is 17.9. The highest BCUT2D eigenvalue weighted by Gasteiger charge is 2.53. The van der Waals surface area contributed by atoms with Crippen molar-refractivity contribution >= 4 is 5.91 Å². The number of hydrogen-bond donors (Lipinski definition) is 0. The number of benzene rings is 1. The van der Waals surface area contributed by atoms with Crippen molar-refractivity contribution in [3.05, 3.63) is 59.8 Å². The van der Waals surface area contributed by atoms with Gasteiger partial charge in [-0.15, -0.1) is 0 Å². The maximum Gasteiger partial charge on any atom is 0.233 e. The average molecular weight is 418 g/mol. The first kappa shape index (κ1) is 19.7. The Morgan fingerprint density at radius 3 is 2.74 bits per heavy atom. The van der Waals surface area contributed by atoms with Gasteiger partial charge in [-0.2, -0.15) is 0 Å². The molecule has 2 aliphatic rings. The standard InChI is InChI=1S/C24H26N4O3/c1-16-12-21(31-27-16)20-13-25-15-26-22(20)17-4-3-11-28(14-17)23(29)24(9-10-24)18-5-7-19(30-2)8-6-18/h5-8,12-13,15,17H,3-4,9-11,14H2,1-2H3. The fourth-order valence-electron chi connectivity index (χ4n) is 4.69. The van der Waals surface area contributed by atoms with Crippen LogP contribution in [-0.4, -0.2) is 46.1 Å². The van der Waals surface area contributed by atoms with E-state index in [1.807, 2.05) is 42.2 Å². The molecule has 3 aromatic rings. The number of ether oxygens (including phenoxy) is 1. The summed E-state index contributed by atoms with van der Waals surface area (Å²) >= 11 is 0. The predicted octanol–water partition coefficient (Wildman–Crippen LogP) is 3.89. The van der Waals surface area contributed by atoms with Crippen molar-refractivity contribution in [3.8, 4) is 17.1 Å². The Morgan fingerprint density at radius 2 is 2.06 bits per heavy atom. The lowest BCUT2D eigenvalue weighted by Gasteiger charge is -2.35. The number of nitrogens with zero attached hydrogens (tertiary/aromatic N) is 4. The maximum absolute atomic E-state index is 13.6. The van der Waals surface area contributed by atoms with Gasteiger partial charge >= 0.3 is 0 Å². The highest BCUT2D eigenvalue weighted by molar-refractivity contribution is 5.91. The second kappa shape index (κ2) is 7.80. The molecular weight excluding hydrogens is 392 g/mol. The summed E-state index contributed by atoms with van der Waals surface area (Å²) in [6, 6.07) is 9.83. The molecule has 1 aliphatic carbocycles. The number of hydrogen-bond acceptors (Lipinski definition) is 6. The lowest BCUT2D eigenvalue weighted by atomic mass is 9.88. The lowest BCUT2D eigenvalue weighted by Crippen LogP contribution is -2.44. The molecule has 1 aliphatic heterocycles. The van der Waals surface area contributed by atoms with E-state index in [9.17, 15) is 4.79 Å². The summed E-state index contributed by atoms with van der Waals surface area (Å²) in [6.45, 7) is 3.34. The van der Waals surface area contributed by atoms with Gasteiger partial charge in [-0.05, 0) is 50.3 Å². The molecule has 2 fully saturated rings. The molecule has 1 aromatic carbocycles. The van der Waals surface area contributed by atoms with Crippen molar-refractivity contribution < 1.29 is 14.1 Å². The number of likely N-dealkylation sites (tertiary alicyclic amines) is 1. The molecule has 1 atom stereocenters. The number of carbonyl (C=O) groups is 1. The van der Waals surface area contributed by atoms with Gasteiger partial charge < -0.3 is 14.2 Å².